The third-order valence-corrected chi connectivity index (χ3v) is 7.63. The Bertz CT molecular complexity index is 1520. The molecule has 0 spiro atoms. The van der Waals surface area contributed by atoms with Gasteiger partial charge < -0.3 is 35.5 Å². The second-order valence-electron chi connectivity index (χ2n) is 12.5. The van der Waals surface area contributed by atoms with Crippen molar-refractivity contribution in [1.29, 1.82) is 0 Å². The van der Waals surface area contributed by atoms with E-state index >= 15 is 0 Å². The normalized spacial score (nSPS) is 15.6. The summed E-state index contributed by atoms with van der Waals surface area (Å²) >= 11 is 0. The first kappa shape index (κ1) is 34.8. The second kappa shape index (κ2) is 16.0. The molecule has 4 atom stereocenters. The van der Waals surface area contributed by atoms with Gasteiger partial charge in [0.2, 0.25) is 11.8 Å². The molecule has 0 fully saturated rings. The van der Waals surface area contributed by atoms with Crippen LogP contribution in [0.25, 0.3) is 0 Å². The van der Waals surface area contributed by atoms with Gasteiger partial charge in [-0.1, -0.05) is 60.7 Å². The van der Waals surface area contributed by atoms with Crippen LogP contribution in [-0.4, -0.2) is 61.3 Å². The van der Waals surface area contributed by atoms with E-state index in [0.717, 1.165) is 22.4 Å². The first-order valence-electron chi connectivity index (χ1n) is 15.7. The van der Waals surface area contributed by atoms with E-state index in [4.69, 9.17) is 14.2 Å². The number of methoxy groups -OCH3 is 1. The van der Waals surface area contributed by atoms with Crippen molar-refractivity contribution in [2.75, 3.05) is 19.0 Å². The van der Waals surface area contributed by atoms with Gasteiger partial charge in [0.15, 0.2) is 0 Å². The largest absolute Gasteiger partial charge is 0.489 e. The Balaban J connectivity index is 1.40. The zero-order valence-electron chi connectivity index (χ0n) is 27.5. The van der Waals surface area contributed by atoms with Gasteiger partial charge in [-0.2, -0.15) is 0 Å². The molecule has 0 radical (unpaired) electrons. The van der Waals surface area contributed by atoms with Gasteiger partial charge in [-0.3, -0.25) is 9.59 Å². The molecule has 1 unspecified atom stereocenters. The van der Waals surface area contributed by atoms with Gasteiger partial charge in [-0.15, -0.1) is 0 Å². The molecule has 11 nitrogen and oxygen atoms in total. The molecular weight excluding hydrogens is 600 g/mol. The summed E-state index contributed by atoms with van der Waals surface area (Å²) < 4.78 is 16.2. The Morgan fingerprint density at radius 3 is 2.19 bits per heavy atom. The number of carbonyl (C=O) groups excluding carboxylic acids is 4. The average Bonchev–Trinajstić information content (AvgIpc) is 3.45. The zero-order chi connectivity index (χ0) is 34.0. The number of fused-ring (bicyclic) bond motifs is 1. The summed E-state index contributed by atoms with van der Waals surface area (Å²) in [7, 11) is 1.27. The molecule has 250 valence electrons. The highest BCUT2D eigenvalue weighted by atomic mass is 16.6. The molecule has 0 aliphatic carbocycles. The summed E-state index contributed by atoms with van der Waals surface area (Å²) in [5.41, 5.74) is 3.05. The highest BCUT2D eigenvalue weighted by Crippen LogP contribution is 2.34. The molecule has 1 aliphatic heterocycles. The van der Waals surface area contributed by atoms with Gasteiger partial charge in [-0.05, 0) is 69.0 Å². The van der Waals surface area contributed by atoms with Crippen LogP contribution in [-0.2, 0) is 36.9 Å². The van der Waals surface area contributed by atoms with E-state index in [2.05, 4.69) is 21.3 Å². The van der Waals surface area contributed by atoms with E-state index < -0.39 is 47.6 Å². The summed E-state index contributed by atoms with van der Waals surface area (Å²) in [5.74, 6) is -1.10. The SMILES string of the molecule is COC(=O)[C@H](CC1CNc2ccccc21)NC(=O)[C@H](C)NC(=O)[C@H](Cc1ccc(OCc2ccccc2)cc1)NC(=O)OC(C)(C)C. The van der Waals surface area contributed by atoms with E-state index in [0.29, 0.717) is 25.3 Å². The molecule has 0 saturated heterocycles. The third kappa shape index (κ3) is 10.5. The maximum Gasteiger partial charge on any atom is 0.408 e. The van der Waals surface area contributed by atoms with Crippen LogP contribution in [0, 0.1) is 0 Å². The summed E-state index contributed by atoms with van der Waals surface area (Å²) in [6, 6.07) is 21.8. The van der Waals surface area contributed by atoms with E-state index in [1.807, 2.05) is 66.7 Å². The van der Waals surface area contributed by atoms with Gasteiger partial charge in [0.1, 0.15) is 36.1 Å². The first-order valence-corrected chi connectivity index (χ1v) is 15.7. The van der Waals surface area contributed by atoms with Crippen molar-refractivity contribution >= 4 is 29.6 Å². The summed E-state index contributed by atoms with van der Waals surface area (Å²) in [6.45, 7) is 7.71. The Morgan fingerprint density at radius 2 is 1.51 bits per heavy atom. The van der Waals surface area contributed by atoms with Crippen LogP contribution >= 0.6 is 0 Å². The number of nitrogens with one attached hydrogen (secondary N) is 4. The number of alkyl carbamates (subject to hydrolysis) is 1. The molecule has 0 saturated carbocycles. The number of esters is 1. The van der Waals surface area contributed by atoms with Crippen LogP contribution in [0.4, 0.5) is 10.5 Å². The van der Waals surface area contributed by atoms with Crippen LogP contribution in [0.15, 0.2) is 78.9 Å². The van der Waals surface area contributed by atoms with Crippen LogP contribution in [0.5, 0.6) is 5.75 Å². The number of benzene rings is 3. The third-order valence-electron chi connectivity index (χ3n) is 7.63. The van der Waals surface area contributed by atoms with Crippen molar-refractivity contribution in [1.82, 2.24) is 16.0 Å². The smallest absolute Gasteiger partial charge is 0.408 e. The number of anilines is 1. The number of rotatable bonds is 13. The highest BCUT2D eigenvalue weighted by molar-refractivity contribution is 5.93. The van der Waals surface area contributed by atoms with Crippen molar-refractivity contribution in [3.63, 3.8) is 0 Å². The molecule has 4 N–H and O–H groups in total. The predicted molar refractivity (Wildman–Crippen MR) is 178 cm³/mol. The standard InChI is InChI=1S/C36H44N4O7/c1-23(32(41)39-31(34(43)45-5)20-26-21-37-29-14-10-9-13-28(26)29)38-33(42)30(40-35(44)47-36(2,3)4)19-24-15-17-27(18-16-24)46-22-25-11-7-6-8-12-25/h6-18,23,26,30-31,37H,19-22H2,1-5H3,(H,38,42)(H,39,41)(H,40,44)/t23-,26?,30-,31-/m0/s1. The monoisotopic (exact) mass is 644 g/mol. The van der Waals surface area contributed by atoms with Crippen molar-refractivity contribution in [2.24, 2.45) is 0 Å². The Morgan fingerprint density at radius 1 is 0.830 bits per heavy atom. The van der Waals surface area contributed by atoms with Crippen molar-refractivity contribution in [2.45, 2.75) is 76.8 Å². The van der Waals surface area contributed by atoms with E-state index in [9.17, 15) is 19.2 Å². The van der Waals surface area contributed by atoms with Gasteiger partial charge in [0, 0.05) is 24.6 Å². The van der Waals surface area contributed by atoms with Crippen LogP contribution in [0.2, 0.25) is 0 Å². The zero-order valence-corrected chi connectivity index (χ0v) is 27.5. The average molecular weight is 645 g/mol. The van der Waals surface area contributed by atoms with Gasteiger partial charge in [-0.25, -0.2) is 9.59 Å². The quantitative estimate of drug-likeness (QED) is 0.200. The van der Waals surface area contributed by atoms with Crippen molar-refractivity contribution in [3.05, 3.63) is 95.6 Å². The first-order chi connectivity index (χ1) is 22.4. The predicted octanol–water partition coefficient (Wildman–Crippen LogP) is 4.46. The maximum atomic E-state index is 13.5. The minimum absolute atomic E-state index is 0.0157. The Labute approximate surface area is 275 Å². The van der Waals surface area contributed by atoms with Crippen LogP contribution < -0.4 is 26.0 Å². The molecule has 1 heterocycles. The maximum absolute atomic E-state index is 13.5. The van der Waals surface area contributed by atoms with Gasteiger partial charge >= 0.3 is 12.1 Å². The number of para-hydroxylation sites is 1. The molecule has 0 bridgehead atoms. The minimum atomic E-state index is -1.06. The second-order valence-corrected chi connectivity index (χ2v) is 12.5. The molecule has 3 aromatic rings. The molecule has 47 heavy (non-hydrogen) atoms. The van der Waals surface area contributed by atoms with Gasteiger partial charge in [0.25, 0.3) is 0 Å². The van der Waals surface area contributed by atoms with E-state index in [1.54, 1.807) is 32.9 Å². The number of carbonyl (C=O) groups is 4. The summed E-state index contributed by atoms with van der Waals surface area (Å²) in [6.07, 6.45) is -0.331. The molecular formula is C36H44N4O7. The lowest BCUT2D eigenvalue weighted by atomic mass is 9.93. The summed E-state index contributed by atoms with van der Waals surface area (Å²) in [4.78, 5) is 52.1. The van der Waals surface area contributed by atoms with Crippen molar-refractivity contribution in [3.8, 4) is 5.75 Å². The number of hydrogen-bond donors (Lipinski definition) is 4. The lowest BCUT2D eigenvalue weighted by Crippen LogP contribution is -2.55. The molecule has 11 heteroatoms. The van der Waals surface area contributed by atoms with Gasteiger partial charge in [0.05, 0.1) is 7.11 Å². The van der Waals surface area contributed by atoms with E-state index in [-0.39, 0.29) is 12.3 Å². The molecule has 4 rings (SSSR count). The lowest BCUT2D eigenvalue weighted by Gasteiger charge is -2.25. The fourth-order valence-electron chi connectivity index (χ4n) is 5.24. The molecule has 1 aliphatic rings. The minimum Gasteiger partial charge on any atom is -0.489 e. The van der Waals surface area contributed by atoms with Crippen LogP contribution in [0.1, 0.15) is 56.7 Å². The highest BCUT2D eigenvalue weighted by Gasteiger charge is 2.32. The fraction of sp³-hybridized carbons (Fsp3) is 0.389. The van der Waals surface area contributed by atoms with Crippen LogP contribution in [0.3, 0.4) is 0 Å². The number of ether oxygens (including phenoxy) is 3. The topological polar surface area (TPSA) is 144 Å². The molecule has 3 aromatic carbocycles. The molecule has 0 aromatic heterocycles. The Hall–Kier alpha value is -5.06. The summed E-state index contributed by atoms with van der Waals surface area (Å²) in [5, 5.41) is 11.4. The van der Waals surface area contributed by atoms with E-state index in [1.165, 1.54) is 14.0 Å². The van der Waals surface area contributed by atoms with Crippen molar-refractivity contribution < 1.29 is 33.4 Å². The number of amides is 3. The Kier molecular flexibility index (Phi) is 11.8. The fourth-order valence-corrected chi connectivity index (χ4v) is 5.24. The molecule has 3 amide bonds. The number of hydrogen-bond acceptors (Lipinski definition) is 8. The lowest BCUT2D eigenvalue weighted by molar-refractivity contribution is -0.145.